The van der Waals surface area contributed by atoms with Gasteiger partial charge < -0.3 is 0 Å². The Kier molecular flexibility index (Phi) is 22.9. The molecule has 18 heteroatoms. The molecule has 1 saturated carbocycles. The minimum Gasteiger partial charge on any atom is -0.254 e. The number of aryl methyl sites for hydroxylation is 14. The van der Waals surface area contributed by atoms with Crippen molar-refractivity contribution in [1.29, 1.82) is 0 Å². The van der Waals surface area contributed by atoms with Crippen molar-refractivity contribution in [1.82, 2.24) is 52.3 Å². The summed E-state index contributed by atoms with van der Waals surface area (Å²) in [6.45, 7) is 31.1. The number of benzene rings is 8. The maximum Gasteiger partial charge on any atom is 0.259 e. The monoisotopic (exact) mass is 1750 g/mol. The number of para-hydroxylation sites is 3. The molecule has 1 aliphatic carbocycles. The van der Waals surface area contributed by atoms with Crippen LogP contribution in [0.15, 0.2) is 292 Å². The molecule has 0 bridgehead atoms. The smallest absolute Gasteiger partial charge is 0.254 e. The van der Waals surface area contributed by atoms with Gasteiger partial charge in [-0.3, -0.25) is 24.9 Å². The van der Waals surface area contributed by atoms with E-state index in [2.05, 4.69) is 459 Å². The number of nitrogens with zero attached hydrogens (tertiary/aromatic N) is 17. The van der Waals surface area contributed by atoms with Crippen LogP contribution in [-0.4, -0.2) is 60.4 Å². The minimum atomic E-state index is -1.47. The van der Waals surface area contributed by atoms with E-state index in [9.17, 15) is 0 Å². The fourth-order valence-corrected chi connectivity index (χ4v) is 22.5. The first-order valence-electron chi connectivity index (χ1n) is 46.3. The van der Waals surface area contributed by atoms with Crippen molar-refractivity contribution in [2.75, 3.05) is 0 Å². The maximum atomic E-state index is 4.86. The Morgan fingerprint density at radius 2 is 0.841 bits per heavy atom. The molecule has 0 saturated heterocycles. The van der Waals surface area contributed by atoms with Crippen LogP contribution < -0.4 is 33.3 Å². The van der Waals surface area contributed by atoms with Crippen LogP contribution in [0.1, 0.15) is 115 Å². The van der Waals surface area contributed by atoms with E-state index in [0.29, 0.717) is 5.92 Å². The Balaban J connectivity index is 0.000000103. The van der Waals surface area contributed by atoms with E-state index in [4.69, 9.17) is 19.9 Å². The lowest BCUT2D eigenvalue weighted by Gasteiger charge is -2.24. The molecule has 0 radical (unpaired) electrons. The summed E-state index contributed by atoms with van der Waals surface area (Å²) in [6, 6.07) is 81.9. The van der Waals surface area contributed by atoms with Gasteiger partial charge in [0.15, 0.2) is 60.0 Å². The predicted molar refractivity (Wildman–Crippen MR) is 543 cm³/mol. The fourth-order valence-electron chi connectivity index (χ4n) is 20.9. The van der Waals surface area contributed by atoms with Gasteiger partial charge in [0.05, 0.1) is 32.1 Å². The van der Waals surface area contributed by atoms with Gasteiger partial charge in [-0.15, -0.1) is 46.2 Å². The lowest BCUT2D eigenvalue weighted by molar-refractivity contribution is -0.735. The van der Waals surface area contributed by atoms with Crippen molar-refractivity contribution in [3.63, 3.8) is 0 Å². The van der Waals surface area contributed by atoms with Crippen LogP contribution in [0.3, 0.4) is 0 Å². The Morgan fingerprint density at radius 1 is 0.394 bits per heavy atom. The van der Waals surface area contributed by atoms with Crippen LogP contribution >= 0.6 is 0 Å². The third kappa shape index (κ3) is 15.3. The number of aromatic nitrogens is 17. The number of pyridine rings is 9. The van der Waals surface area contributed by atoms with Crippen LogP contribution in [0.4, 0.5) is 0 Å². The Morgan fingerprint density at radius 3 is 1.36 bits per heavy atom. The molecular formula is C114H119N17Si+6. The van der Waals surface area contributed by atoms with Crippen molar-refractivity contribution < 1.29 is 28.1 Å². The maximum absolute atomic E-state index is 4.86. The molecule has 23 aromatic rings. The molecule has 8 aromatic carbocycles. The van der Waals surface area contributed by atoms with Gasteiger partial charge in [-0.1, -0.05) is 215 Å². The van der Waals surface area contributed by atoms with E-state index in [1.807, 2.05) is 31.7 Å². The summed E-state index contributed by atoms with van der Waals surface area (Å²) in [5, 5.41) is 14.3. The molecule has 0 N–H and O–H groups in total. The molecule has 0 aliphatic heterocycles. The molecule has 1 aliphatic rings. The van der Waals surface area contributed by atoms with Gasteiger partial charge in [0.1, 0.15) is 83.1 Å². The molecule has 132 heavy (non-hydrogen) atoms. The lowest BCUT2D eigenvalue weighted by Crippen LogP contribution is -2.40. The molecular weight excluding hydrogens is 1640 g/mol. The Labute approximate surface area is 772 Å². The molecule has 0 atom stereocenters. The summed E-state index contributed by atoms with van der Waals surface area (Å²) in [5.41, 5.74) is 34.1. The largest absolute Gasteiger partial charge is 0.259 e. The third-order valence-electron chi connectivity index (χ3n) is 27.2. The number of hydrogen-bond acceptors (Lipinski definition) is 5. The van der Waals surface area contributed by atoms with Crippen molar-refractivity contribution in [2.45, 2.75) is 139 Å². The van der Waals surface area contributed by atoms with Crippen molar-refractivity contribution in [3.8, 4) is 22.5 Å². The second kappa shape index (κ2) is 34.7. The number of hydrogen-bond donors (Lipinski definition) is 0. The van der Waals surface area contributed by atoms with Gasteiger partial charge in [-0.05, 0) is 184 Å². The normalized spacial score (nSPS) is 12.7. The van der Waals surface area contributed by atoms with Gasteiger partial charge in [-0.2, -0.15) is 4.68 Å². The SMILES string of the molecule is Cc1cc(C)c(-[n+]2cc3ccccc3n2C)c(C)n1.Cc1ccccc1-n1cc2ccccc2[n+]1C.Cc1ccnc2c3c(-c4ccccc4)cccc3c3cc[n+](C)n3c12.Cc1ccnc2c3c(C(C)(C)C)cccc3c3cc[n+](C)n3c12.Cc1ccnc2c3c(C4CCCCC4)cccc3c3cc[n+](C)n3c12.Cc1ccnc2c3c([Si](C)(C)C)cccc3c3cc[n+](C)n3c12. The second-order valence-corrected chi connectivity index (χ2v) is 43.3. The third-order valence-corrected chi connectivity index (χ3v) is 29.3. The van der Waals surface area contributed by atoms with Gasteiger partial charge in [-0.25, -0.2) is 0 Å². The topological polar surface area (TPSA) is 115 Å². The van der Waals surface area contributed by atoms with Gasteiger partial charge in [0.25, 0.3) is 5.69 Å². The molecule has 15 heterocycles. The highest BCUT2D eigenvalue weighted by Gasteiger charge is 2.31. The zero-order chi connectivity index (χ0) is 92.0. The summed E-state index contributed by atoms with van der Waals surface area (Å²) >= 11 is 0. The van der Waals surface area contributed by atoms with E-state index in [-0.39, 0.29) is 5.41 Å². The first kappa shape index (κ1) is 86.9. The highest BCUT2D eigenvalue weighted by molar-refractivity contribution is 6.90. The molecule has 1 fully saturated rings. The fraction of sp³-hybridized carbons (Fsp3) is 0.237. The molecule has 0 unspecified atom stereocenters. The van der Waals surface area contributed by atoms with E-state index in [1.54, 1.807) is 0 Å². The lowest BCUT2D eigenvalue weighted by atomic mass is 9.82. The van der Waals surface area contributed by atoms with Gasteiger partial charge in [0.2, 0.25) is 11.7 Å². The van der Waals surface area contributed by atoms with Gasteiger partial charge >= 0.3 is 0 Å². The summed E-state index contributed by atoms with van der Waals surface area (Å²) in [6.07, 6.45) is 27.3. The quantitative estimate of drug-likeness (QED) is 0.0967. The van der Waals surface area contributed by atoms with Crippen LogP contribution in [0.2, 0.25) is 19.6 Å². The van der Waals surface area contributed by atoms with Gasteiger partial charge in [0, 0.05) is 109 Å². The van der Waals surface area contributed by atoms with E-state index in [0.717, 1.165) is 33.5 Å². The van der Waals surface area contributed by atoms with Crippen LogP contribution in [0.5, 0.6) is 0 Å². The van der Waals surface area contributed by atoms with Crippen LogP contribution in [0, 0.1) is 55.4 Å². The first-order valence-corrected chi connectivity index (χ1v) is 49.8. The molecule has 15 aromatic heterocycles. The summed E-state index contributed by atoms with van der Waals surface area (Å²) in [4.78, 5) is 23.8. The second-order valence-electron chi connectivity index (χ2n) is 38.2. The van der Waals surface area contributed by atoms with E-state index < -0.39 is 8.07 Å². The Hall–Kier alpha value is -14.5. The molecule has 17 nitrogen and oxygen atoms in total. The zero-order valence-corrected chi connectivity index (χ0v) is 80.9. The number of rotatable bonds is 5. The van der Waals surface area contributed by atoms with Crippen LogP contribution in [0.25, 0.3) is 154 Å². The standard InChI is InChI=1S/C22H24N3.C22H18N3.C20H22N3.C19H22N3Si.C16H18N3.C15H15N2/c2*1-15-11-13-23-21-20-17(16-7-4-3-5-8-16)9-6-10-18(20)19-12-14-24(2)25(19)22(15)21;1-13-9-11-21-18-17-14(7-6-8-15(17)20(2,3)4)16-10-12-22(5)23(16)19(13)18;1-13-9-11-20-18-17-14(7-6-8-16(17)23(3,4)5)15-10-12-21(2)22(15)19(13)18;1-11-9-12(2)17-13(3)16(11)19-10-14-7-5-6-8-15(14)18(19)4;1-12-7-3-5-9-14(12)17-11-13-8-4-6-10-15(13)16(17)2/h6,9-14,16H,3-5,7-8H2,1-2H3;3-14H,1-2H3;2*6-12H,1-5H3;5-10H,1-4H3;3-11H,1-2H3/q6*+1. The highest BCUT2D eigenvalue weighted by atomic mass is 28.3. The molecule has 658 valence electrons. The molecule has 0 spiro atoms. The summed E-state index contributed by atoms with van der Waals surface area (Å²) in [5.74, 6) is 0.675. The number of fused-ring (bicyclic) bond motifs is 26. The Bertz CT molecular complexity index is 8270. The average Bonchev–Trinajstić information content (AvgIpc) is 1.45. The molecule has 24 rings (SSSR count). The first-order chi connectivity index (χ1) is 63.6. The molecule has 0 amide bonds. The predicted octanol–water partition coefficient (Wildman–Crippen LogP) is 22.2. The van der Waals surface area contributed by atoms with Crippen molar-refractivity contribution in [3.05, 3.63) is 348 Å². The highest BCUT2D eigenvalue weighted by Crippen LogP contribution is 2.43. The van der Waals surface area contributed by atoms with Crippen molar-refractivity contribution in [2.24, 2.45) is 42.3 Å². The van der Waals surface area contributed by atoms with Crippen molar-refractivity contribution >= 4 is 144 Å². The average molecular weight is 1760 g/mol. The summed E-state index contributed by atoms with van der Waals surface area (Å²) in [7, 11) is 11.1. The van der Waals surface area contributed by atoms with Crippen LogP contribution in [-0.2, 0) is 47.7 Å². The van der Waals surface area contributed by atoms with E-state index in [1.165, 1.54) is 213 Å². The zero-order valence-electron chi connectivity index (χ0n) is 79.9. The summed E-state index contributed by atoms with van der Waals surface area (Å²) < 4.78 is 26.4. The van der Waals surface area contributed by atoms with E-state index >= 15 is 0 Å². The minimum absolute atomic E-state index is 0.0744.